The van der Waals surface area contributed by atoms with Crippen LogP contribution in [0.4, 0.5) is 18.9 Å². The van der Waals surface area contributed by atoms with Crippen molar-refractivity contribution in [3.8, 4) is 0 Å². The predicted octanol–water partition coefficient (Wildman–Crippen LogP) is 4.52. The Morgan fingerprint density at radius 3 is 2.72 bits per heavy atom. The summed E-state index contributed by atoms with van der Waals surface area (Å²) in [7, 11) is 0. The van der Waals surface area contributed by atoms with Crippen molar-refractivity contribution >= 4 is 17.0 Å². The van der Waals surface area contributed by atoms with Crippen LogP contribution in [0.3, 0.4) is 0 Å². The van der Waals surface area contributed by atoms with Gasteiger partial charge >= 0.3 is 6.18 Å². The van der Waals surface area contributed by atoms with E-state index in [2.05, 4.69) is 4.99 Å². The summed E-state index contributed by atoms with van der Waals surface area (Å²) in [5, 5.41) is 0. The molecule has 3 rings (SSSR count). The van der Waals surface area contributed by atoms with Crippen molar-refractivity contribution in [1.29, 1.82) is 0 Å². The number of aliphatic imine (C=N–C) groups is 1. The van der Waals surface area contributed by atoms with Gasteiger partial charge in [-0.2, -0.15) is 13.2 Å². The molecule has 92 valence electrons. The fourth-order valence-electron chi connectivity index (χ4n) is 2.39. The Morgan fingerprint density at radius 1 is 1.22 bits per heavy atom. The van der Waals surface area contributed by atoms with Crippen molar-refractivity contribution < 1.29 is 13.2 Å². The van der Waals surface area contributed by atoms with E-state index in [1.54, 1.807) is 0 Å². The molecule has 0 radical (unpaired) electrons. The molecule has 0 bridgehead atoms. The first kappa shape index (κ1) is 11.3. The van der Waals surface area contributed by atoms with E-state index in [-0.39, 0.29) is 0 Å². The van der Waals surface area contributed by atoms with E-state index in [1.165, 1.54) is 12.1 Å². The Hall–Kier alpha value is -1.84. The number of benzene rings is 1. The second-order valence-electron chi connectivity index (χ2n) is 4.45. The number of hydrogen-bond donors (Lipinski definition) is 0. The van der Waals surface area contributed by atoms with E-state index < -0.39 is 11.7 Å². The summed E-state index contributed by atoms with van der Waals surface area (Å²) in [5.41, 5.74) is 3.31. The molecule has 1 heterocycles. The molecule has 18 heavy (non-hydrogen) atoms. The highest BCUT2D eigenvalue weighted by molar-refractivity contribution is 6.31. The Labute approximate surface area is 102 Å². The Balaban J connectivity index is 2.19. The van der Waals surface area contributed by atoms with Crippen LogP contribution >= 0.6 is 0 Å². The quantitative estimate of drug-likeness (QED) is 0.640. The molecule has 4 heteroatoms. The number of fused-ring (bicyclic) bond motifs is 3. The minimum absolute atomic E-state index is 0.599. The molecule has 0 atom stereocenters. The highest BCUT2D eigenvalue weighted by atomic mass is 19.4. The average Bonchev–Trinajstić information content (AvgIpc) is 2.66. The zero-order chi connectivity index (χ0) is 12.9. The van der Waals surface area contributed by atoms with Crippen LogP contribution in [0.2, 0.25) is 0 Å². The summed E-state index contributed by atoms with van der Waals surface area (Å²) in [6.45, 7) is 1.90. The molecule has 0 unspecified atom stereocenters. The second kappa shape index (κ2) is 3.57. The molecule has 0 saturated heterocycles. The lowest BCUT2D eigenvalue weighted by molar-refractivity contribution is -0.137. The van der Waals surface area contributed by atoms with Crippen molar-refractivity contribution in [3.63, 3.8) is 0 Å². The van der Waals surface area contributed by atoms with Gasteiger partial charge in [0.2, 0.25) is 0 Å². The third-order valence-corrected chi connectivity index (χ3v) is 3.21. The lowest BCUT2D eigenvalue weighted by atomic mass is 9.91. The highest BCUT2D eigenvalue weighted by Crippen LogP contribution is 2.42. The Morgan fingerprint density at radius 2 is 2.00 bits per heavy atom. The van der Waals surface area contributed by atoms with Gasteiger partial charge in [0.25, 0.3) is 0 Å². The van der Waals surface area contributed by atoms with Crippen LogP contribution in [0.5, 0.6) is 0 Å². The van der Waals surface area contributed by atoms with Crippen LogP contribution in [-0.2, 0) is 6.18 Å². The van der Waals surface area contributed by atoms with Crippen LogP contribution in [0.15, 0.2) is 40.9 Å². The highest BCUT2D eigenvalue weighted by Gasteiger charge is 2.33. The molecule has 0 N–H and O–H groups in total. The van der Waals surface area contributed by atoms with Gasteiger partial charge in [0.1, 0.15) is 0 Å². The molecule has 0 spiro atoms. The van der Waals surface area contributed by atoms with E-state index in [1.807, 2.05) is 19.1 Å². The zero-order valence-corrected chi connectivity index (χ0v) is 9.67. The third kappa shape index (κ3) is 1.60. The van der Waals surface area contributed by atoms with Gasteiger partial charge in [-0.25, -0.2) is 0 Å². The lowest BCUT2D eigenvalue weighted by Crippen LogP contribution is -2.06. The molecule has 2 aliphatic rings. The second-order valence-corrected chi connectivity index (χ2v) is 4.45. The fourth-order valence-corrected chi connectivity index (χ4v) is 2.39. The first-order valence-corrected chi connectivity index (χ1v) is 5.64. The third-order valence-electron chi connectivity index (χ3n) is 3.21. The van der Waals surface area contributed by atoms with Gasteiger partial charge in [-0.3, -0.25) is 4.99 Å². The van der Waals surface area contributed by atoms with E-state index in [0.717, 1.165) is 22.9 Å². The van der Waals surface area contributed by atoms with Gasteiger partial charge in [-0.15, -0.1) is 0 Å². The summed E-state index contributed by atoms with van der Waals surface area (Å²) in [5.74, 6) is 0. The van der Waals surface area contributed by atoms with Gasteiger partial charge in [-0.1, -0.05) is 12.2 Å². The molecule has 1 aromatic carbocycles. The smallest absolute Gasteiger partial charge is 0.252 e. The molecule has 1 aromatic rings. The van der Waals surface area contributed by atoms with Crippen LogP contribution < -0.4 is 0 Å². The molecule has 1 nitrogen and oxygen atoms in total. The lowest BCUT2D eigenvalue weighted by Gasteiger charge is -2.12. The van der Waals surface area contributed by atoms with Crippen LogP contribution in [0.1, 0.15) is 24.5 Å². The summed E-state index contributed by atoms with van der Waals surface area (Å²) < 4.78 is 38.1. The maximum atomic E-state index is 12.7. The minimum atomic E-state index is -4.31. The fraction of sp³-hybridized carbons (Fsp3) is 0.214. The number of rotatable bonds is 0. The molecular weight excluding hydrogens is 239 g/mol. The largest absolute Gasteiger partial charge is 0.416 e. The number of nitrogens with zero attached hydrogens (tertiary/aromatic N) is 1. The van der Waals surface area contributed by atoms with Crippen molar-refractivity contribution in [2.24, 2.45) is 4.99 Å². The Kier molecular flexibility index (Phi) is 2.24. The van der Waals surface area contributed by atoms with Crippen molar-refractivity contribution in [2.45, 2.75) is 19.5 Å². The zero-order valence-electron chi connectivity index (χ0n) is 9.67. The van der Waals surface area contributed by atoms with Gasteiger partial charge in [0.05, 0.1) is 17.0 Å². The summed E-state index contributed by atoms with van der Waals surface area (Å²) in [6, 6.07) is 3.73. The van der Waals surface area contributed by atoms with Crippen molar-refractivity contribution in [1.82, 2.24) is 0 Å². The number of halogens is 3. The number of hydrogen-bond acceptors (Lipinski definition) is 1. The average molecular weight is 249 g/mol. The molecule has 1 aliphatic heterocycles. The summed E-state index contributed by atoms with van der Waals surface area (Å²) in [6.07, 6.45) is 0.289. The number of allylic oxidation sites excluding steroid dienone is 4. The summed E-state index contributed by atoms with van der Waals surface area (Å²) >= 11 is 0. The van der Waals surface area contributed by atoms with Crippen molar-refractivity contribution in [3.05, 3.63) is 47.1 Å². The summed E-state index contributed by atoms with van der Waals surface area (Å²) in [4.78, 5) is 4.39. The predicted molar refractivity (Wildman–Crippen MR) is 64.9 cm³/mol. The molecule has 0 aromatic heterocycles. The SMILES string of the molecule is CC1=C2C(=Nc3ccc(C(F)(F)F)cc32)CC=C1. The van der Waals surface area contributed by atoms with Gasteiger partial charge in [-0.05, 0) is 30.7 Å². The van der Waals surface area contributed by atoms with Crippen LogP contribution in [-0.4, -0.2) is 5.71 Å². The normalized spacial score (nSPS) is 17.7. The molecule has 0 saturated carbocycles. The minimum Gasteiger partial charge on any atom is -0.252 e. The van der Waals surface area contributed by atoms with Crippen LogP contribution in [0.25, 0.3) is 5.57 Å². The van der Waals surface area contributed by atoms with Gasteiger partial charge < -0.3 is 0 Å². The van der Waals surface area contributed by atoms with E-state index in [0.29, 0.717) is 17.7 Å². The van der Waals surface area contributed by atoms with Crippen molar-refractivity contribution in [2.75, 3.05) is 0 Å². The Bertz CT molecular complexity index is 618. The van der Waals surface area contributed by atoms with Crippen LogP contribution in [0, 0.1) is 0 Å². The van der Waals surface area contributed by atoms with Gasteiger partial charge in [0, 0.05) is 17.6 Å². The molecule has 1 aliphatic carbocycles. The van der Waals surface area contributed by atoms with E-state index in [4.69, 9.17) is 0 Å². The molecular formula is C14H10F3N. The van der Waals surface area contributed by atoms with E-state index in [9.17, 15) is 13.2 Å². The first-order chi connectivity index (χ1) is 8.47. The van der Waals surface area contributed by atoms with E-state index >= 15 is 0 Å². The maximum Gasteiger partial charge on any atom is 0.416 e. The van der Waals surface area contributed by atoms with Gasteiger partial charge in [0.15, 0.2) is 0 Å². The maximum absolute atomic E-state index is 12.7. The topological polar surface area (TPSA) is 12.4 Å². The molecule has 0 amide bonds. The standard InChI is InChI=1S/C14H10F3N/c1-8-3-2-4-12-13(8)10-7-9(14(15,16)17)5-6-11(10)18-12/h2-3,5-7H,4H2,1H3. The monoisotopic (exact) mass is 249 g/mol. The number of alkyl halides is 3. The first-order valence-electron chi connectivity index (χ1n) is 5.64. The molecule has 0 fully saturated rings.